The number of amides is 1. The first-order valence-corrected chi connectivity index (χ1v) is 17.5. The van der Waals surface area contributed by atoms with Gasteiger partial charge < -0.3 is 14.6 Å². The summed E-state index contributed by atoms with van der Waals surface area (Å²) in [6.45, 7) is 7.49. The number of aromatic nitrogens is 2. The van der Waals surface area contributed by atoms with E-state index in [-0.39, 0.29) is 16.5 Å². The lowest BCUT2D eigenvalue weighted by Crippen LogP contribution is -2.29. The van der Waals surface area contributed by atoms with Crippen molar-refractivity contribution < 1.29 is 24.2 Å². The number of benzene rings is 3. The van der Waals surface area contributed by atoms with E-state index in [0.29, 0.717) is 45.9 Å². The molecular formula is C36H39N3O5S2. The molecule has 1 amide bonds. The van der Waals surface area contributed by atoms with Gasteiger partial charge in [0, 0.05) is 11.3 Å². The third-order valence-corrected chi connectivity index (χ3v) is 9.76. The lowest BCUT2D eigenvalue weighted by molar-refractivity contribution is -0.132. The predicted molar refractivity (Wildman–Crippen MR) is 184 cm³/mol. The molecule has 0 saturated carbocycles. The Hall–Kier alpha value is -4.15. The van der Waals surface area contributed by atoms with Crippen LogP contribution in [0.1, 0.15) is 74.2 Å². The highest BCUT2D eigenvalue weighted by molar-refractivity contribution is 8.00. The van der Waals surface area contributed by atoms with E-state index >= 15 is 0 Å². The number of Topliss-reactive ketones (excluding diaryl/α,β-unsaturated/α-hetero) is 1. The molecule has 5 rings (SSSR count). The summed E-state index contributed by atoms with van der Waals surface area (Å²) in [5, 5.41) is 20.5. The quantitative estimate of drug-likeness (QED) is 0.0339. The predicted octanol–water partition coefficient (Wildman–Crippen LogP) is 8.51. The molecule has 3 aromatic carbocycles. The standard InChI is InChI=1S/C36H39N3O5S2/c1-4-6-8-22-44-28-17-13-26(14-18-28)31-30(32(40)27-15-19-29(20-16-27)43-21-7-5-2)33(41)34(42)39(31)35-37-38-36(46-35)45-23-25-11-9-24(3)10-12-25/h9-20,31,40H,4-8,21-23H2,1-3H3/b32-30-. The van der Waals surface area contributed by atoms with Gasteiger partial charge >= 0.3 is 5.91 Å². The molecule has 0 radical (unpaired) electrons. The van der Waals surface area contributed by atoms with Gasteiger partial charge in [0.1, 0.15) is 17.3 Å². The molecule has 10 heteroatoms. The second kappa shape index (κ2) is 15.9. The van der Waals surface area contributed by atoms with Crippen molar-refractivity contribution in [2.24, 2.45) is 0 Å². The molecule has 1 aliphatic rings. The lowest BCUT2D eigenvalue weighted by atomic mass is 9.95. The molecular weight excluding hydrogens is 619 g/mol. The van der Waals surface area contributed by atoms with Gasteiger partial charge in [0.2, 0.25) is 5.13 Å². The summed E-state index contributed by atoms with van der Waals surface area (Å²) in [5.74, 6) is 0.244. The molecule has 0 aliphatic carbocycles. The number of aliphatic hydroxyl groups is 1. The van der Waals surface area contributed by atoms with E-state index in [4.69, 9.17) is 9.47 Å². The molecule has 1 N–H and O–H groups in total. The largest absolute Gasteiger partial charge is 0.507 e. The van der Waals surface area contributed by atoms with E-state index in [2.05, 4.69) is 48.3 Å². The monoisotopic (exact) mass is 657 g/mol. The summed E-state index contributed by atoms with van der Waals surface area (Å²) in [6.07, 6.45) is 5.11. The maximum atomic E-state index is 13.6. The fourth-order valence-electron chi connectivity index (χ4n) is 5.02. The van der Waals surface area contributed by atoms with Crippen molar-refractivity contribution in [1.82, 2.24) is 10.2 Å². The van der Waals surface area contributed by atoms with E-state index in [1.54, 1.807) is 24.3 Å². The van der Waals surface area contributed by atoms with Gasteiger partial charge in [-0.05, 0) is 67.3 Å². The Morgan fingerprint density at radius 2 is 1.48 bits per heavy atom. The number of unbranched alkanes of at least 4 members (excludes halogenated alkanes) is 3. The number of thioether (sulfide) groups is 1. The van der Waals surface area contributed by atoms with Crippen molar-refractivity contribution in [3.05, 3.63) is 101 Å². The number of anilines is 1. The second-order valence-corrected chi connectivity index (χ2v) is 13.3. The van der Waals surface area contributed by atoms with E-state index in [1.807, 2.05) is 31.2 Å². The Labute approximate surface area is 278 Å². The number of nitrogens with zero attached hydrogens (tertiary/aromatic N) is 3. The number of aliphatic hydroxyl groups excluding tert-OH is 1. The zero-order valence-corrected chi connectivity index (χ0v) is 28.0. The van der Waals surface area contributed by atoms with E-state index in [1.165, 1.54) is 33.6 Å². The normalized spacial score (nSPS) is 15.8. The van der Waals surface area contributed by atoms with Gasteiger partial charge in [-0.1, -0.05) is 98.2 Å². The molecule has 1 aliphatic heterocycles. The minimum absolute atomic E-state index is 0.00896. The number of carbonyl (C=O) groups is 2. The fourth-order valence-corrected chi connectivity index (χ4v) is 6.84. The Balaban J connectivity index is 1.46. The molecule has 1 unspecified atom stereocenters. The van der Waals surface area contributed by atoms with E-state index < -0.39 is 17.7 Å². The highest BCUT2D eigenvalue weighted by Gasteiger charge is 2.48. The number of ether oxygens (including phenoxy) is 2. The van der Waals surface area contributed by atoms with Crippen molar-refractivity contribution in [2.45, 2.75) is 69.0 Å². The van der Waals surface area contributed by atoms with Gasteiger partial charge in [-0.15, -0.1) is 10.2 Å². The molecule has 1 fully saturated rings. The summed E-state index contributed by atoms with van der Waals surface area (Å²) in [4.78, 5) is 28.6. The van der Waals surface area contributed by atoms with Crippen LogP contribution < -0.4 is 14.4 Å². The summed E-state index contributed by atoms with van der Waals surface area (Å²) < 4.78 is 12.3. The van der Waals surface area contributed by atoms with Gasteiger partial charge in [0.15, 0.2) is 4.34 Å². The van der Waals surface area contributed by atoms with Crippen molar-refractivity contribution in [3.63, 3.8) is 0 Å². The average molecular weight is 658 g/mol. The van der Waals surface area contributed by atoms with Crippen LogP contribution in [0.15, 0.2) is 82.7 Å². The topological polar surface area (TPSA) is 102 Å². The van der Waals surface area contributed by atoms with Crippen LogP contribution in [0.5, 0.6) is 11.5 Å². The number of hydrogen-bond donors (Lipinski definition) is 1. The highest BCUT2D eigenvalue weighted by Crippen LogP contribution is 2.44. The minimum Gasteiger partial charge on any atom is -0.507 e. The van der Waals surface area contributed by atoms with Crippen LogP contribution in [-0.4, -0.2) is 40.2 Å². The van der Waals surface area contributed by atoms with Crippen molar-refractivity contribution in [3.8, 4) is 11.5 Å². The van der Waals surface area contributed by atoms with Crippen LogP contribution in [-0.2, 0) is 15.3 Å². The first kappa shape index (κ1) is 33.2. The van der Waals surface area contributed by atoms with Crippen molar-refractivity contribution in [2.75, 3.05) is 18.1 Å². The van der Waals surface area contributed by atoms with Crippen LogP contribution in [0.3, 0.4) is 0 Å². The molecule has 46 heavy (non-hydrogen) atoms. The third-order valence-electron chi connectivity index (χ3n) is 7.64. The first-order valence-electron chi connectivity index (χ1n) is 15.7. The van der Waals surface area contributed by atoms with Gasteiger partial charge in [-0.3, -0.25) is 14.5 Å². The van der Waals surface area contributed by atoms with Gasteiger partial charge in [-0.2, -0.15) is 0 Å². The van der Waals surface area contributed by atoms with Crippen LogP contribution in [0, 0.1) is 6.92 Å². The molecule has 1 aromatic heterocycles. The van der Waals surface area contributed by atoms with Crippen LogP contribution in [0.4, 0.5) is 5.13 Å². The Kier molecular flexibility index (Phi) is 11.5. The van der Waals surface area contributed by atoms with Gasteiger partial charge in [0.25, 0.3) is 5.78 Å². The maximum Gasteiger partial charge on any atom is 0.301 e. The molecule has 1 saturated heterocycles. The fraction of sp³-hybridized carbons (Fsp3) is 0.333. The maximum absolute atomic E-state index is 13.6. The Morgan fingerprint density at radius 3 is 2.13 bits per heavy atom. The van der Waals surface area contributed by atoms with Gasteiger partial charge in [0.05, 0.1) is 24.8 Å². The van der Waals surface area contributed by atoms with Crippen LogP contribution >= 0.6 is 23.1 Å². The number of hydrogen-bond acceptors (Lipinski definition) is 9. The molecule has 8 nitrogen and oxygen atoms in total. The molecule has 4 aromatic rings. The van der Waals surface area contributed by atoms with Crippen LogP contribution in [0.25, 0.3) is 5.76 Å². The number of ketones is 1. The Morgan fingerprint density at radius 1 is 0.848 bits per heavy atom. The van der Waals surface area contributed by atoms with Crippen molar-refractivity contribution in [1.29, 1.82) is 0 Å². The molecule has 1 atom stereocenters. The first-order chi connectivity index (χ1) is 22.4. The second-order valence-electron chi connectivity index (χ2n) is 11.1. The van der Waals surface area contributed by atoms with Crippen molar-refractivity contribution >= 4 is 45.7 Å². The van der Waals surface area contributed by atoms with E-state index in [0.717, 1.165) is 37.7 Å². The summed E-state index contributed by atoms with van der Waals surface area (Å²) >= 11 is 2.76. The molecule has 240 valence electrons. The zero-order chi connectivity index (χ0) is 32.5. The smallest absolute Gasteiger partial charge is 0.301 e. The number of carbonyl (C=O) groups excluding carboxylic acids is 2. The SMILES string of the molecule is CCCCCOc1ccc(C2/C(=C(/O)c3ccc(OCCCC)cc3)C(=O)C(=O)N2c2nnc(SCc3ccc(C)cc3)s2)cc1. The minimum atomic E-state index is -0.905. The summed E-state index contributed by atoms with van der Waals surface area (Å²) in [5.41, 5.74) is 3.38. The molecule has 0 spiro atoms. The third kappa shape index (κ3) is 7.97. The van der Waals surface area contributed by atoms with Crippen LogP contribution in [0.2, 0.25) is 0 Å². The Bertz CT molecular complexity index is 1650. The van der Waals surface area contributed by atoms with Gasteiger partial charge in [-0.25, -0.2) is 0 Å². The number of aryl methyl sites for hydroxylation is 1. The van der Waals surface area contributed by atoms with E-state index in [9.17, 15) is 14.7 Å². The summed E-state index contributed by atoms with van der Waals surface area (Å²) in [6, 6.07) is 21.6. The average Bonchev–Trinajstić information content (AvgIpc) is 3.65. The highest BCUT2D eigenvalue weighted by atomic mass is 32.2. The zero-order valence-electron chi connectivity index (χ0n) is 26.4. The molecule has 0 bridgehead atoms. The molecule has 2 heterocycles. The lowest BCUT2D eigenvalue weighted by Gasteiger charge is -2.22. The summed E-state index contributed by atoms with van der Waals surface area (Å²) in [7, 11) is 0. The number of rotatable bonds is 15.